The number of aryl methyl sites for hydroxylation is 1. The lowest BCUT2D eigenvalue weighted by Crippen LogP contribution is -2.55. The minimum absolute atomic E-state index is 0.0287. The highest BCUT2D eigenvalue weighted by Gasteiger charge is 2.32. The van der Waals surface area contributed by atoms with Gasteiger partial charge in [0.25, 0.3) is 0 Å². The van der Waals surface area contributed by atoms with Crippen LogP contribution in [0.15, 0.2) is 51.4 Å². The average molecular weight is 352 g/mol. The molecule has 0 bridgehead atoms. The van der Waals surface area contributed by atoms with Crippen molar-refractivity contribution in [2.75, 3.05) is 13.1 Å². The Morgan fingerprint density at radius 2 is 2.08 bits per heavy atom. The predicted molar refractivity (Wildman–Crippen MR) is 94.1 cm³/mol. The van der Waals surface area contributed by atoms with Crippen LogP contribution in [0.4, 0.5) is 0 Å². The molecule has 0 radical (unpaired) electrons. The van der Waals surface area contributed by atoms with Gasteiger partial charge in [0.2, 0.25) is 17.6 Å². The Morgan fingerprint density at radius 3 is 2.85 bits per heavy atom. The molecule has 1 N–H and O–H groups in total. The van der Waals surface area contributed by atoms with E-state index in [2.05, 4.69) is 20.4 Å². The number of carbonyl (C=O) groups is 1. The molecule has 1 saturated heterocycles. The highest BCUT2D eigenvalue weighted by molar-refractivity contribution is 5.82. The maximum atomic E-state index is 12.4. The fraction of sp³-hybridized carbons (Fsp3) is 0.316. The van der Waals surface area contributed by atoms with Crippen molar-refractivity contribution in [3.63, 3.8) is 0 Å². The maximum absolute atomic E-state index is 12.4. The van der Waals surface area contributed by atoms with E-state index in [0.29, 0.717) is 31.2 Å². The van der Waals surface area contributed by atoms with E-state index in [9.17, 15) is 4.79 Å². The van der Waals surface area contributed by atoms with Gasteiger partial charge < -0.3 is 14.3 Å². The second kappa shape index (κ2) is 7.13. The van der Waals surface area contributed by atoms with Crippen molar-refractivity contribution in [3.05, 3.63) is 59.9 Å². The van der Waals surface area contributed by atoms with Gasteiger partial charge in [0.1, 0.15) is 11.5 Å². The van der Waals surface area contributed by atoms with Crippen LogP contribution in [0.2, 0.25) is 0 Å². The molecular formula is C19H20N4O3. The zero-order chi connectivity index (χ0) is 17.9. The van der Waals surface area contributed by atoms with Crippen LogP contribution in [0.1, 0.15) is 17.4 Å². The lowest BCUT2D eigenvalue weighted by molar-refractivity contribution is -0.129. The third-order valence-electron chi connectivity index (χ3n) is 4.46. The molecule has 2 aromatic heterocycles. The van der Waals surface area contributed by atoms with Gasteiger partial charge in [-0.05, 0) is 19.1 Å². The minimum Gasteiger partial charge on any atom is -0.465 e. The van der Waals surface area contributed by atoms with Crippen molar-refractivity contribution in [1.82, 2.24) is 20.4 Å². The number of nitrogens with one attached hydrogen (secondary N) is 1. The molecule has 134 valence electrons. The second-order valence-electron chi connectivity index (χ2n) is 6.37. The first kappa shape index (κ1) is 16.5. The maximum Gasteiger partial charge on any atom is 0.237 e. The zero-order valence-electron chi connectivity index (χ0n) is 14.5. The van der Waals surface area contributed by atoms with Gasteiger partial charge in [-0.3, -0.25) is 9.69 Å². The monoisotopic (exact) mass is 352 g/mol. The van der Waals surface area contributed by atoms with Gasteiger partial charge in [0, 0.05) is 18.7 Å². The van der Waals surface area contributed by atoms with E-state index in [1.165, 1.54) is 0 Å². The van der Waals surface area contributed by atoms with Crippen LogP contribution >= 0.6 is 0 Å². The SMILES string of the molecule is Cc1ccc(CN2CCNC(=O)C2Cc2nc(-c3ccccc3)no2)o1. The van der Waals surface area contributed by atoms with E-state index >= 15 is 0 Å². The number of nitrogens with zero attached hydrogens (tertiary/aromatic N) is 3. The molecule has 26 heavy (non-hydrogen) atoms. The number of benzene rings is 1. The van der Waals surface area contributed by atoms with Gasteiger partial charge >= 0.3 is 0 Å². The Labute approximate surface area is 151 Å². The van der Waals surface area contributed by atoms with Crippen molar-refractivity contribution in [1.29, 1.82) is 0 Å². The first-order valence-electron chi connectivity index (χ1n) is 8.64. The number of rotatable bonds is 5. The number of piperazine rings is 1. The summed E-state index contributed by atoms with van der Waals surface area (Å²) in [5, 5.41) is 6.95. The van der Waals surface area contributed by atoms with Crippen LogP contribution in [0, 0.1) is 6.92 Å². The van der Waals surface area contributed by atoms with Crippen LogP contribution in [0.3, 0.4) is 0 Å². The molecular weight excluding hydrogens is 332 g/mol. The fourth-order valence-corrected chi connectivity index (χ4v) is 3.15. The minimum atomic E-state index is -0.363. The van der Waals surface area contributed by atoms with Gasteiger partial charge in [-0.15, -0.1) is 0 Å². The highest BCUT2D eigenvalue weighted by Crippen LogP contribution is 2.19. The van der Waals surface area contributed by atoms with Gasteiger partial charge in [0.15, 0.2) is 0 Å². The summed E-state index contributed by atoms with van der Waals surface area (Å²) in [5.74, 6) is 2.66. The molecule has 1 aliphatic rings. The first-order chi connectivity index (χ1) is 12.7. The summed E-state index contributed by atoms with van der Waals surface area (Å²) in [5.41, 5.74) is 0.888. The van der Waals surface area contributed by atoms with Crippen LogP contribution in [0.5, 0.6) is 0 Å². The van der Waals surface area contributed by atoms with E-state index < -0.39 is 0 Å². The quantitative estimate of drug-likeness (QED) is 0.758. The molecule has 0 saturated carbocycles. The summed E-state index contributed by atoms with van der Waals surface area (Å²) >= 11 is 0. The Hall–Kier alpha value is -2.93. The first-order valence-corrected chi connectivity index (χ1v) is 8.64. The number of hydrogen-bond donors (Lipinski definition) is 1. The molecule has 1 aromatic carbocycles. The molecule has 1 fully saturated rings. The molecule has 0 spiro atoms. The molecule has 4 rings (SSSR count). The molecule has 0 aliphatic carbocycles. The summed E-state index contributed by atoms with van der Waals surface area (Å²) in [6, 6.07) is 13.1. The lowest BCUT2D eigenvalue weighted by Gasteiger charge is -2.33. The zero-order valence-corrected chi connectivity index (χ0v) is 14.5. The normalized spacial score (nSPS) is 18.0. The van der Waals surface area contributed by atoms with Gasteiger partial charge in [-0.2, -0.15) is 4.98 Å². The molecule has 1 amide bonds. The van der Waals surface area contributed by atoms with Crippen molar-refractivity contribution in [2.24, 2.45) is 0 Å². The van der Waals surface area contributed by atoms with Crippen molar-refractivity contribution < 1.29 is 13.7 Å². The summed E-state index contributed by atoms with van der Waals surface area (Å²) in [7, 11) is 0. The Bertz CT molecular complexity index is 887. The predicted octanol–water partition coefficient (Wildman–Crippen LogP) is 2.18. The van der Waals surface area contributed by atoms with Crippen LogP contribution in [0.25, 0.3) is 11.4 Å². The summed E-state index contributed by atoms with van der Waals surface area (Å²) in [4.78, 5) is 18.9. The molecule has 1 unspecified atom stereocenters. The number of aromatic nitrogens is 2. The van der Waals surface area contributed by atoms with Crippen molar-refractivity contribution in [2.45, 2.75) is 25.9 Å². The van der Waals surface area contributed by atoms with Gasteiger partial charge in [-0.25, -0.2) is 0 Å². The Balaban J connectivity index is 1.50. The summed E-state index contributed by atoms with van der Waals surface area (Å²) < 4.78 is 11.0. The molecule has 3 heterocycles. The largest absolute Gasteiger partial charge is 0.465 e. The van der Waals surface area contributed by atoms with E-state index in [4.69, 9.17) is 8.94 Å². The fourth-order valence-electron chi connectivity index (χ4n) is 3.15. The lowest BCUT2D eigenvalue weighted by atomic mass is 10.1. The smallest absolute Gasteiger partial charge is 0.237 e. The third-order valence-corrected chi connectivity index (χ3v) is 4.46. The molecule has 1 aliphatic heterocycles. The summed E-state index contributed by atoms with van der Waals surface area (Å²) in [6.07, 6.45) is 0.366. The number of hydrogen-bond acceptors (Lipinski definition) is 6. The third kappa shape index (κ3) is 3.52. The average Bonchev–Trinajstić information content (AvgIpc) is 3.28. The van der Waals surface area contributed by atoms with Crippen molar-refractivity contribution in [3.8, 4) is 11.4 Å². The van der Waals surface area contributed by atoms with E-state index in [0.717, 1.165) is 23.6 Å². The Morgan fingerprint density at radius 1 is 1.23 bits per heavy atom. The number of carbonyl (C=O) groups excluding carboxylic acids is 1. The van der Waals surface area contributed by atoms with Crippen molar-refractivity contribution >= 4 is 5.91 Å². The standard InChI is InChI=1S/C19H20N4O3/c1-13-7-8-15(25-13)12-23-10-9-20-19(24)16(23)11-17-21-18(22-26-17)14-5-3-2-4-6-14/h2-8,16H,9-12H2,1H3,(H,20,24). The van der Waals surface area contributed by atoms with Gasteiger partial charge in [-0.1, -0.05) is 35.5 Å². The highest BCUT2D eigenvalue weighted by atomic mass is 16.5. The molecule has 1 atom stereocenters. The van der Waals surface area contributed by atoms with Crippen LogP contribution < -0.4 is 5.32 Å². The topological polar surface area (TPSA) is 84.4 Å². The molecule has 3 aromatic rings. The van der Waals surface area contributed by atoms with E-state index in [1.807, 2.05) is 49.4 Å². The van der Waals surface area contributed by atoms with Crippen LogP contribution in [-0.4, -0.2) is 40.1 Å². The number of furan rings is 1. The molecule has 7 nitrogen and oxygen atoms in total. The van der Waals surface area contributed by atoms with Gasteiger partial charge in [0.05, 0.1) is 19.0 Å². The second-order valence-corrected chi connectivity index (χ2v) is 6.37. The van der Waals surface area contributed by atoms with E-state index in [1.54, 1.807) is 0 Å². The Kier molecular flexibility index (Phi) is 4.53. The summed E-state index contributed by atoms with van der Waals surface area (Å²) in [6.45, 7) is 3.85. The van der Waals surface area contributed by atoms with Crippen LogP contribution in [-0.2, 0) is 17.8 Å². The number of amides is 1. The van der Waals surface area contributed by atoms with E-state index in [-0.39, 0.29) is 11.9 Å². The molecule has 7 heteroatoms.